The molecule has 1 N–H and O–H groups in total. The quantitative estimate of drug-likeness (QED) is 0.924. The lowest BCUT2D eigenvalue weighted by Crippen LogP contribution is -2.29. The van der Waals surface area contributed by atoms with Crippen molar-refractivity contribution in [2.75, 3.05) is 11.9 Å². The number of amides is 1. The van der Waals surface area contributed by atoms with E-state index >= 15 is 0 Å². The van der Waals surface area contributed by atoms with Crippen molar-refractivity contribution in [3.8, 4) is 0 Å². The van der Waals surface area contributed by atoms with Crippen molar-refractivity contribution in [1.82, 2.24) is 4.90 Å². The first-order chi connectivity index (χ1) is 11.4. The van der Waals surface area contributed by atoms with Crippen LogP contribution in [0.5, 0.6) is 0 Å². The summed E-state index contributed by atoms with van der Waals surface area (Å²) >= 11 is 0. The van der Waals surface area contributed by atoms with Gasteiger partial charge in [-0.15, -0.1) is 0 Å². The van der Waals surface area contributed by atoms with E-state index in [1.807, 2.05) is 23.5 Å². The summed E-state index contributed by atoms with van der Waals surface area (Å²) in [5.41, 5.74) is 3.49. The van der Waals surface area contributed by atoms with Gasteiger partial charge in [0.05, 0.1) is 0 Å². The maximum Gasteiger partial charge on any atom is 0.471 e. The molecule has 1 aliphatic heterocycles. The van der Waals surface area contributed by atoms with E-state index in [0.717, 1.165) is 30.6 Å². The zero-order chi connectivity index (χ0) is 17.2. The predicted octanol–water partition coefficient (Wildman–Crippen LogP) is 3.75. The Bertz CT molecular complexity index is 729. The summed E-state index contributed by atoms with van der Waals surface area (Å²) in [6.07, 6.45) is -3.95. The molecule has 3 nitrogen and oxygen atoms in total. The molecule has 0 spiro atoms. The summed E-state index contributed by atoms with van der Waals surface area (Å²) in [6.45, 7) is 2.33. The molecule has 0 aromatic heterocycles. The molecule has 0 fully saturated rings. The van der Waals surface area contributed by atoms with Crippen LogP contribution >= 0.6 is 0 Å². The number of nitrogens with zero attached hydrogens (tertiary/aromatic N) is 1. The molecular weight excluding hydrogens is 317 g/mol. The van der Waals surface area contributed by atoms with E-state index in [-0.39, 0.29) is 5.69 Å². The number of carbonyl (C=O) groups excluding carboxylic acids is 1. The third kappa shape index (κ3) is 3.94. The van der Waals surface area contributed by atoms with Gasteiger partial charge in [0.15, 0.2) is 0 Å². The van der Waals surface area contributed by atoms with Crippen LogP contribution in [-0.4, -0.2) is 23.5 Å². The fourth-order valence-corrected chi connectivity index (χ4v) is 2.83. The summed E-state index contributed by atoms with van der Waals surface area (Å²) in [7, 11) is 0. The number of benzene rings is 2. The summed E-state index contributed by atoms with van der Waals surface area (Å²) in [5, 5.41) is 1.90. The molecule has 1 amide bonds. The molecule has 0 unspecified atom stereocenters. The van der Waals surface area contributed by atoms with Crippen LogP contribution in [0.15, 0.2) is 48.5 Å². The Labute approximate surface area is 138 Å². The van der Waals surface area contributed by atoms with Crippen molar-refractivity contribution >= 4 is 11.6 Å². The number of rotatable bonds is 4. The van der Waals surface area contributed by atoms with Crippen LogP contribution in [0.2, 0.25) is 0 Å². The SMILES string of the molecule is O=C(Nc1ccc2c(c1)CN(CCc1ccccc1)C2)C(F)(F)F. The predicted molar refractivity (Wildman–Crippen MR) is 85.4 cm³/mol. The highest BCUT2D eigenvalue weighted by Gasteiger charge is 2.38. The van der Waals surface area contributed by atoms with E-state index in [9.17, 15) is 18.0 Å². The topological polar surface area (TPSA) is 32.3 Å². The van der Waals surface area contributed by atoms with Crippen LogP contribution in [0, 0.1) is 0 Å². The van der Waals surface area contributed by atoms with Crippen LogP contribution in [0.1, 0.15) is 16.7 Å². The van der Waals surface area contributed by atoms with Gasteiger partial charge < -0.3 is 5.32 Å². The first-order valence-electron chi connectivity index (χ1n) is 7.68. The molecule has 1 aliphatic rings. The van der Waals surface area contributed by atoms with Crippen LogP contribution in [-0.2, 0) is 24.3 Å². The smallest absolute Gasteiger partial charge is 0.318 e. The summed E-state index contributed by atoms with van der Waals surface area (Å²) < 4.78 is 36.9. The van der Waals surface area contributed by atoms with Gasteiger partial charge in [-0.2, -0.15) is 13.2 Å². The number of carbonyl (C=O) groups is 1. The minimum absolute atomic E-state index is 0.181. The summed E-state index contributed by atoms with van der Waals surface area (Å²) in [4.78, 5) is 13.3. The Morgan fingerprint density at radius 1 is 1.04 bits per heavy atom. The monoisotopic (exact) mass is 334 g/mol. The largest absolute Gasteiger partial charge is 0.471 e. The van der Waals surface area contributed by atoms with Crippen molar-refractivity contribution in [2.45, 2.75) is 25.7 Å². The van der Waals surface area contributed by atoms with Gasteiger partial charge in [-0.3, -0.25) is 9.69 Å². The second-order valence-corrected chi connectivity index (χ2v) is 5.88. The van der Waals surface area contributed by atoms with Gasteiger partial charge >= 0.3 is 12.1 Å². The van der Waals surface area contributed by atoms with Gasteiger partial charge in [0.25, 0.3) is 0 Å². The molecule has 0 aliphatic carbocycles. The fraction of sp³-hybridized carbons (Fsp3) is 0.278. The van der Waals surface area contributed by atoms with Gasteiger partial charge in [-0.25, -0.2) is 0 Å². The number of halogens is 3. The van der Waals surface area contributed by atoms with Gasteiger partial charge in [-0.1, -0.05) is 36.4 Å². The average Bonchev–Trinajstić information content (AvgIpc) is 2.95. The Hall–Kier alpha value is -2.34. The maximum absolute atomic E-state index is 12.3. The van der Waals surface area contributed by atoms with Crippen molar-refractivity contribution < 1.29 is 18.0 Å². The molecule has 126 valence electrons. The Morgan fingerprint density at radius 2 is 1.75 bits per heavy atom. The molecular formula is C18H17F3N2O. The number of nitrogens with one attached hydrogen (secondary N) is 1. The Kier molecular flexibility index (Phi) is 4.57. The minimum Gasteiger partial charge on any atom is -0.318 e. The van der Waals surface area contributed by atoms with Gasteiger partial charge in [-0.05, 0) is 35.2 Å². The molecule has 2 aromatic carbocycles. The second kappa shape index (κ2) is 6.65. The second-order valence-electron chi connectivity index (χ2n) is 5.88. The lowest BCUT2D eigenvalue weighted by molar-refractivity contribution is -0.167. The molecule has 2 aromatic rings. The molecule has 0 saturated carbocycles. The van der Waals surface area contributed by atoms with Crippen LogP contribution < -0.4 is 5.32 Å². The number of anilines is 1. The van der Waals surface area contributed by atoms with Crippen LogP contribution in [0.4, 0.5) is 18.9 Å². The number of fused-ring (bicyclic) bond motifs is 1. The molecule has 6 heteroatoms. The highest BCUT2D eigenvalue weighted by molar-refractivity contribution is 5.95. The van der Waals surface area contributed by atoms with Gasteiger partial charge in [0.1, 0.15) is 0 Å². The lowest BCUT2D eigenvalue weighted by atomic mass is 10.1. The molecule has 0 saturated heterocycles. The molecule has 1 heterocycles. The summed E-state index contributed by atoms with van der Waals surface area (Å²) in [6, 6.07) is 15.1. The first kappa shape index (κ1) is 16.5. The fourth-order valence-electron chi connectivity index (χ4n) is 2.83. The maximum atomic E-state index is 12.3. The van der Waals surface area contributed by atoms with E-state index in [1.165, 1.54) is 11.6 Å². The number of hydrogen-bond donors (Lipinski definition) is 1. The van der Waals surface area contributed by atoms with E-state index in [0.29, 0.717) is 6.54 Å². The zero-order valence-corrected chi connectivity index (χ0v) is 12.9. The molecule has 0 radical (unpaired) electrons. The lowest BCUT2D eigenvalue weighted by Gasteiger charge is -2.14. The van der Waals surface area contributed by atoms with E-state index in [2.05, 4.69) is 17.0 Å². The van der Waals surface area contributed by atoms with Crippen molar-refractivity contribution in [3.63, 3.8) is 0 Å². The number of alkyl halides is 3. The van der Waals surface area contributed by atoms with E-state index in [1.54, 1.807) is 12.1 Å². The van der Waals surface area contributed by atoms with Crippen molar-refractivity contribution in [1.29, 1.82) is 0 Å². The van der Waals surface area contributed by atoms with Crippen molar-refractivity contribution in [3.05, 3.63) is 65.2 Å². The highest BCUT2D eigenvalue weighted by Crippen LogP contribution is 2.27. The zero-order valence-electron chi connectivity index (χ0n) is 12.9. The van der Waals surface area contributed by atoms with Crippen LogP contribution in [0.3, 0.4) is 0 Å². The van der Waals surface area contributed by atoms with E-state index < -0.39 is 12.1 Å². The highest BCUT2D eigenvalue weighted by atomic mass is 19.4. The van der Waals surface area contributed by atoms with Crippen molar-refractivity contribution in [2.24, 2.45) is 0 Å². The van der Waals surface area contributed by atoms with Gasteiger partial charge in [0.2, 0.25) is 0 Å². The molecule has 24 heavy (non-hydrogen) atoms. The molecule has 0 bridgehead atoms. The van der Waals surface area contributed by atoms with Crippen LogP contribution in [0.25, 0.3) is 0 Å². The molecule has 0 atom stereocenters. The standard InChI is InChI=1S/C18H17F3N2O/c19-18(20,21)17(24)22-16-7-6-14-11-23(12-15(14)10-16)9-8-13-4-2-1-3-5-13/h1-7,10H,8-9,11-12H2,(H,22,24). The number of hydrogen-bond acceptors (Lipinski definition) is 2. The molecule has 3 rings (SSSR count). The van der Waals surface area contributed by atoms with Gasteiger partial charge in [0, 0.05) is 25.3 Å². The normalized spacial score (nSPS) is 14.5. The average molecular weight is 334 g/mol. The Balaban J connectivity index is 1.60. The summed E-state index contributed by atoms with van der Waals surface area (Å²) in [5.74, 6) is -1.94. The first-order valence-corrected chi connectivity index (χ1v) is 7.68. The third-order valence-corrected chi connectivity index (χ3v) is 4.07. The Morgan fingerprint density at radius 3 is 2.46 bits per heavy atom. The minimum atomic E-state index is -4.87. The third-order valence-electron chi connectivity index (χ3n) is 4.07. The van der Waals surface area contributed by atoms with E-state index in [4.69, 9.17) is 0 Å².